The van der Waals surface area contributed by atoms with Crippen LogP contribution in [0.1, 0.15) is 336 Å². The highest BCUT2D eigenvalue weighted by Crippen LogP contribution is 2.45. The standard InChI is InChI=1S/C83H144O17P2/c1-5-9-13-17-21-25-29-33-36-38-41-44-47-51-55-59-63-67-80(85)93-73-78(99-82(87)69-65-61-57-53-49-43-32-28-24-20-16-12-8-4)75-97-101(89,90)95-71-77(84)72-96-102(91,92)98-76-79(100-83(88)70-66-62-58-54-50-46-40-35-31-27-23-19-15-11-7-3)74-94-81(86)68-64-60-56-52-48-45-42-39-37-34-30-26-22-18-14-10-6-2/h9-10,13-14,21-23,25-27,33-37,40,42,45,77-79,84H,5-8,11-12,15-20,24,28-32,38-39,41,43-44,46-76H2,1-4H3,(H,89,90)(H,91,92)/b13-9-,14-10-,25-21-,26-22-,27-23-,36-33-,37-34-,40-35-,45-42-. The van der Waals surface area contributed by atoms with Crippen molar-refractivity contribution in [1.29, 1.82) is 0 Å². The highest BCUT2D eigenvalue weighted by molar-refractivity contribution is 7.47. The van der Waals surface area contributed by atoms with Gasteiger partial charge in [-0.1, -0.05) is 291 Å². The van der Waals surface area contributed by atoms with E-state index in [2.05, 4.69) is 137 Å². The van der Waals surface area contributed by atoms with Gasteiger partial charge in [0.2, 0.25) is 0 Å². The molecule has 0 heterocycles. The van der Waals surface area contributed by atoms with Crippen LogP contribution in [0, 0.1) is 0 Å². The summed E-state index contributed by atoms with van der Waals surface area (Å²) >= 11 is 0. The van der Waals surface area contributed by atoms with Gasteiger partial charge in [0.05, 0.1) is 26.4 Å². The summed E-state index contributed by atoms with van der Waals surface area (Å²) < 4.78 is 68.6. The van der Waals surface area contributed by atoms with E-state index in [1.54, 1.807) is 0 Å². The van der Waals surface area contributed by atoms with Gasteiger partial charge < -0.3 is 33.8 Å². The number of phosphoric acid groups is 2. The molecule has 19 heteroatoms. The van der Waals surface area contributed by atoms with Crippen LogP contribution in [0.3, 0.4) is 0 Å². The van der Waals surface area contributed by atoms with Crippen LogP contribution in [0.2, 0.25) is 0 Å². The first-order valence-corrected chi connectivity index (χ1v) is 43.1. The third-order valence-corrected chi connectivity index (χ3v) is 18.6. The molecule has 0 saturated heterocycles. The van der Waals surface area contributed by atoms with Crippen LogP contribution < -0.4 is 0 Å². The van der Waals surface area contributed by atoms with Crippen LogP contribution >= 0.6 is 15.6 Å². The molecule has 17 nitrogen and oxygen atoms in total. The van der Waals surface area contributed by atoms with Gasteiger partial charge >= 0.3 is 39.5 Å². The second kappa shape index (κ2) is 75.0. The molecule has 0 aromatic heterocycles. The second-order valence-electron chi connectivity index (χ2n) is 26.6. The Balaban J connectivity index is 5.37. The zero-order chi connectivity index (χ0) is 74.6. The Kier molecular flexibility index (Phi) is 71.8. The van der Waals surface area contributed by atoms with E-state index in [1.165, 1.54) is 70.6 Å². The Morgan fingerprint density at radius 2 is 0.510 bits per heavy atom. The molecule has 3 N–H and O–H groups in total. The third kappa shape index (κ3) is 74.0. The number of unbranched alkanes of at least 4 members (excludes halogenated alkanes) is 31. The lowest BCUT2D eigenvalue weighted by Gasteiger charge is -2.21. The van der Waals surface area contributed by atoms with Crippen molar-refractivity contribution in [1.82, 2.24) is 0 Å². The van der Waals surface area contributed by atoms with E-state index < -0.39 is 97.5 Å². The molecule has 0 radical (unpaired) electrons. The summed E-state index contributed by atoms with van der Waals surface area (Å²) in [5, 5.41) is 10.6. The minimum absolute atomic E-state index is 0.0727. The molecule has 0 aliphatic carbocycles. The summed E-state index contributed by atoms with van der Waals surface area (Å²) in [7, 11) is -9.96. The van der Waals surface area contributed by atoms with Gasteiger partial charge in [0.1, 0.15) is 19.3 Å². The fourth-order valence-corrected chi connectivity index (χ4v) is 12.2. The molecule has 0 fully saturated rings. The van der Waals surface area contributed by atoms with Crippen LogP contribution in [0.25, 0.3) is 0 Å². The van der Waals surface area contributed by atoms with Gasteiger partial charge in [-0.15, -0.1) is 0 Å². The maximum absolute atomic E-state index is 13.1. The fraction of sp³-hybridized carbons (Fsp3) is 0.735. The number of hydrogen-bond donors (Lipinski definition) is 3. The molecule has 0 aromatic rings. The SMILES string of the molecule is CC/C=C\C/C=C\C/C=C\C/C=C\CCCCCCC(=O)OCC(COP(=O)(O)OCC(O)COP(=O)(O)OCC(COC(=O)CCCCCCCCC/C=C\C/C=C\C/C=C\CC)OC(=O)CCCCCCCCCCCCCCC)OC(=O)CCCCCCC/C=C\C/C=C\CCCCC. The fourth-order valence-electron chi connectivity index (χ4n) is 10.7. The second-order valence-corrected chi connectivity index (χ2v) is 29.5. The lowest BCUT2D eigenvalue weighted by Crippen LogP contribution is -2.30. The van der Waals surface area contributed by atoms with E-state index in [0.717, 1.165) is 186 Å². The number of rotatable bonds is 75. The number of ether oxygens (including phenoxy) is 4. The van der Waals surface area contributed by atoms with E-state index in [1.807, 2.05) is 0 Å². The van der Waals surface area contributed by atoms with E-state index >= 15 is 0 Å². The topological polar surface area (TPSA) is 237 Å². The lowest BCUT2D eigenvalue weighted by molar-refractivity contribution is -0.161. The predicted molar refractivity (Wildman–Crippen MR) is 418 cm³/mol. The monoisotopic (exact) mass is 1470 g/mol. The van der Waals surface area contributed by atoms with Gasteiger partial charge in [-0.25, -0.2) is 9.13 Å². The molecule has 102 heavy (non-hydrogen) atoms. The number of esters is 4. The van der Waals surface area contributed by atoms with Gasteiger partial charge in [0.15, 0.2) is 12.2 Å². The number of carbonyl (C=O) groups is 4. The van der Waals surface area contributed by atoms with E-state index in [9.17, 15) is 43.2 Å². The lowest BCUT2D eigenvalue weighted by atomic mass is 10.0. The molecule has 0 spiro atoms. The maximum atomic E-state index is 13.1. The highest BCUT2D eigenvalue weighted by atomic mass is 31.2. The average molecular weight is 1480 g/mol. The third-order valence-electron chi connectivity index (χ3n) is 16.7. The normalized spacial score (nSPS) is 14.5. The van der Waals surface area contributed by atoms with Gasteiger partial charge in [-0.2, -0.15) is 0 Å². The van der Waals surface area contributed by atoms with E-state index in [4.69, 9.17) is 37.0 Å². The summed E-state index contributed by atoms with van der Waals surface area (Å²) in [6, 6.07) is 0. The molecule has 0 rings (SSSR count). The molecule has 0 saturated carbocycles. The van der Waals surface area contributed by atoms with Crippen LogP contribution in [0.15, 0.2) is 109 Å². The van der Waals surface area contributed by atoms with Crippen molar-refractivity contribution in [3.8, 4) is 0 Å². The highest BCUT2D eigenvalue weighted by Gasteiger charge is 2.30. The van der Waals surface area contributed by atoms with Crippen molar-refractivity contribution in [2.75, 3.05) is 39.6 Å². The van der Waals surface area contributed by atoms with Gasteiger partial charge in [-0.3, -0.25) is 37.3 Å². The Morgan fingerprint density at radius 3 is 0.804 bits per heavy atom. The molecule has 5 atom stereocenters. The Morgan fingerprint density at radius 1 is 0.284 bits per heavy atom. The molecule has 0 aliphatic rings. The number of aliphatic hydroxyl groups excluding tert-OH is 1. The number of allylic oxidation sites excluding steroid dienone is 18. The maximum Gasteiger partial charge on any atom is 0.472 e. The molecule has 0 amide bonds. The largest absolute Gasteiger partial charge is 0.472 e. The van der Waals surface area contributed by atoms with Crippen LogP contribution in [0.5, 0.6) is 0 Å². The van der Waals surface area contributed by atoms with Gasteiger partial charge in [-0.05, 0) is 128 Å². The average Bonchev–Trinajstić information content (AvgIpc) is 0.939. The number of aliphatic hydroxyl groups is 1. The first-order chi connectivity index (χ1) is 49.7. The smallest absolute Gasteiger partial charge is 0.462 e. The van der Waals surface area contributed by atoms with Crippen molar-refractivity contribution in [3.05, 3.63) is 109 Å². The first kappa shape index (κ1) is 97.7. The van der Waals surface area contributed by atoms with Crippen molar-refractivity contribution >= 4 is 39.5 Å². The summed E-state index contributed by atoms with van der Waals surface area (Å²) in [6.45, 7) is 4.61. The van der Waals surface area contributed by atoms with Crippen molar-refractivity contribution in [2.24, 2.45) is 0 Å². The molecule has 0 aromatic carbocycles. The zero-order valence-corrected chi connectivity index (χ0v) is 66.0. The summed E-state index contributed by atoms with van der Waals surface area (Å²) in [6.07, 6.45) is 80.6. The predicted octanol–water partition coefficient (Wildman–Crippen LogP) is 23.3. The molecule has 5 unspecified atom stereocenters. The van der Waals surface area contributed by atoms with Crippen molar-refractivity contribution in [2.45, 2.75) is 354 Å². The van der Waals surface area contributed by atoms with Crippen molar-refractivity contribution in [3.63, 3.8) is 0 Å². The van der Waals surface area contributed by atoms with E-state index in [-0.39, 0.29) is 25.7 Å². The number of phosphoric ester groups is 2. The van der Waals surface area contributed by atoms with Crippen LogP contribution in [-0.4, -0.2) is 96.7 Å². The van der Waals surface area contributed by atoms with Crippen molar-refractivity contribution < 1.29 is 80.2 Å². The van der Waals surface area contributed by atoms with Crippen LogP contribution in [0.4, 0.5) is 0 Å². The van der Waals surface area contributed by atoms with Gasteiger partial charge in [0, 0.05) is 25.7 Å². The van der Waals surface area contributed by atoms with Crippen LogP contribution in [-0.2, 0) is 65.4 Å². The minimum atomic E-state index is -4.99. The molecule has 588 valence electrons. The number of hydrogen-bond acceptors (Lipinski definition) is 15. The summed E-state index contributed by atoms with van der Waals surface area (Å²) in [5.41, 5.74) is 0. The van der Waals surface area contributed by atoms with E-state index in [0.29, 0.717) is 25.7 Å². The quantitative estimate of drug-likeness (QED) is 0.0169. The summed E-state index contributed by atoms with van der Waals surface area (Å²) in [5.74, 6) is -2.21. The zero-order valence-electron chi connectivity index (χ0n) is 64.3. The Hall–Kier alpha value is -4.28. The van der Waals surface area contributed by atoms with Gasteiger partial charge in [0.25, 0.3) is 0 Å². The molecule has 0 bridgehead atoms. The number of carbonyl (C=O) groups excluding carboxylic acids is 4. The Labute approximate surface area is 619 Å². The first-order valence-electron chi connectivity index (χ1n) is 40.1. The Bertz CT molecular complexity index is 2360. The molecular formula is C83H144O17P2. The molecular weight excluding hydrogens is 1330 g/mol. The minimum Gasteiger partial charge on any atom is -0.462 e. The molecule has 0 aliphatic heterocycles. The summed E-state index contributed by atoms with van der Waals surface area (Å²) in [4.78, 5) is 73.0.